The summed E-state index contributed by atoms with van der Waals surface area (Å²) >= 11 is 0. The molecule has 0 bridgehead atoms. The van der Waals surface area contributed by atoms with Crippen molar-refractivity contribution < 1.29 is 5.11 Å². The van der Waals surface area contributed by atoms with E-state index in [9.17, 15) is 5.11 Å². The van der Waals surface area contributed by atoms with E-state index in [0.29, 0.717) is 24.4 Å². The van der Waals surface area contributed by atoms with E-state index in [1.54, 1.807) is 0 Å². The highest BCUT2D eigenvalue weighted by Crippen LogP contribution is 2.34. The van der Waals surface area contributed by atoms with Crippen LogP contribution in [-0.2, 0) is 11.8 Å². The summed E-state index contributed by atoms with van der Waals surface area (Å²) in [5.41, 5.74) is 12.2. The van der Waals surface area contributed by atoms with Gasteiger partial charge in [0, 0.05) is 0 Å². The Morgan fingerprint density at radius 3 is 2.58 bits per heavy atom. The Morgan fingerprint density at radius 2 is 1.96 bits per heavy atom. The van der Waals surface area contributed by atoms with Gasteiger partial charge in [-0.3, -0.25) is 0 Å². The van der Waals surface area contributed by atoms with Gasteiger partial charge in [0.15, 0.2) is 0 Å². The molecule has 0 aliphatic heterocycles. The lowest BCUT2D eigenvalue weighted by atomic mass is 9.84. The van der Waals surface area contributed by atoms with Crippen LogP contribution >= 0.6 is 0 Å². The van der Waals surface area contributed by atoms with Gasteiger partial charge in [-0.25, -0.2) is 0 Å². The highest BCUT2D eigenvalue weighted by Gasteiger charge is 2.20. The van der Waals surface area contributed by atoms with E-state index in [0.717, 1.165) is 29.5 Å². The Labute approximate surface area is 157 Å². The smallest absolute Gasteiger partial charge is 0.122 e. The maximum Gasteiger partial charge on any atom is 0.122 e. The predicted octanol–water partition coefficient (Wildman–Crippen LogP) is 5.10. The molecule has 26 heavy (non-hydrogen) atoms. The van der Waals surface area contributed by atoms with Crippen LogP contribution in [0.3, 0.4) is 0 Å². The van der Waals surface area contributed by atoms with Gasteiger partial charge < -0.3 is 21.4 Å². The van der Waals surface area contributed by atoms with E-state index in [1.165, 1.54) is 5.57 Å². The normalized spacial score (nSPS) is 17.5. The third-order valence-corrected chi connectivity index (χ3v) is 4.58. The molecule has 1 aromatic carbocycles. The van der Waals surface area contributed by atoms with Gasteiger partial charge in [-0.15, -0.1) is 6.54 Å². The number of phenols is 1. The molecule has 1 aromatic rings. The molecule has 4 nitrogen and oxygen atoms in total. The lowest BCUT2D eigenvalue weighted by molar-refractivity contribution is 0.440. The molecule has 0 heterocycles. The van der Waals surface area contributed by atoms with E-state index in [1.807, 2.05) is 18.2 Å². The molecule has 0 radical (unpaired) electrons. The first-order chi connectivity index (χ1) is 12.2. The molecule has 1 atom stereocenters. The molecule has 0 amide bonds. The minimum atomic E-state index is -0.160. The zero-order valence-corrected chi connectivity index (χ0v) is 16.7. The Bertz CT molecular complexity index is 711. The Kier molecular flexibility index (Phi) is 6.79. The quantitative estimate of drug-likeness (QED) is 0.471. The molecule has 1 aliphatic rings. The summed E-state index contributed by atoms with van der Waals surface area (Å²) in [6.07, 6.45) is 8.77. The lowest BCUT2D eigenvalue weighted by Gasteiger charge is -2.30. The van der Waals surface area contributed by atoms with Gasteiger partial charge in [-0.2, -0.15) is 0 Å². The number of nitrogens with one attached hydrogen (secondary N) is 2. The summed E-state index contributed by atoms with van der Waals surface area (Å²) < 4.78 is 0. The molecule has 0 saturated carbocycles. The molecular weight excluding hydrogens is 322 g/mol. The summed E-state index contributed by atoms with van der Waals surface area (Å²) in [7, 11) is 0. The number of allylic oxidation sites excluding steroid dienone is 2. The van der Waals surface area contributed by atoms with Crippen molar-refractivity contribution in [3.8, 4) is 5.75 Å². The van der Waals surface area contributed by atoms with Crippen molar-refractivity contribution in [3.63, 3.8) is 0 Å². The number of aryl methyl sites for hydroxylation is 1. The summed E-state index contributed by atoms with van der Waals surface area (Å²) in [6, 6.07) is 3.93. The van der Waals surface area contributed by atoms with Crippen molar-refractivity contribution in [3.05, 3.63) is 58.1 Å². The van der Waals surface area contributed by atoms with Crippen LogP contribution in [-0.4, -0.2) is 23.4 Å². The molecule has 1 unspecified atom stereocenters. The third-order valence-electron chi connectivity index (χ3n) is 4.58. The molecule has 142 valence electrons. The minimum absolute atomic E-state index is 0.0925. The van der Waals surface area contributed by atoms with E-state index >= 15 is 0 Å². The zero-order chi connectivity index (χ0) is 19.3. The minimum Gasteiger partial charge on any atom is -0.596 e. The van der Waals surface area contributed by atoms with E-state index < -0.39 is 0 Å². The van der Waals surface area contributed by atoms with Gasteiger partial charge in [0.2, 0.25) is 0 Å². The molecular formula is C22H32N3O-. The molecule has 2 rings (SSSR count). The molecule has 0 fully saturated rings. The summed E-state index contributed by atoms with van der Waals surface area (Å²) in [5.74, 6) is 0.385. The highest BCUT2D eigenvalue weighted by atomic mass is 16.3. The Morgan fingerprint density at radius 1 is 1.23 bits per heavy atom. The second-order valence-electron chi connectivity index (χ2n) is 8.09. The number of benzene rings is 1. The monoisotopic (exact) mass is 354 g/mol. The van der Waals surface area contributed by atoms with Crippen LogP contribution in [0.5, 0.6) is 5.75 Å². The van der Waals surface area contributed by atoms with Gasteiger partial charge in [0.05, 0.1) is 11.8 Å². The third kappa shape index (κ3) is 5.29. The first kappa shape index (κ1) is 20.4. The summed E-state index contributed by atoms with van der Waals surface area (Å²) in [5, 5.41) is 18.7. The number of hydrogen-bond acceptors (Lipinski definition) is 3. The number of aromatic hydroxyl groups is 1. The van der Waals surface area contributed by atoms with Crippen LogP contribution < -0.4 is 5.43 Å². The van der Waals surface area contributed by atoms with Crippen molar-refractivity contribution in [1.82, 2.24) is 5.43 Å². The fourth-order valence-corrected chi connectivity index (χ4v) is 3.17. The van der Waals surface area contributed by atoms with E-state index in [2.05, 4.69) is 57.6 Å². The van der Waals surface area contributed by atoms with Crippen LogP contribution in [0.25, 0.3) is 5.43 Å². The average Bonchev–Trinajstić information content (AvgIpc) is 2.55. The van der Waals surface area contributed by atoms with Crippen LogP contribution in [0.4, 0.5) is 0 Å². The first-order valence-electron chi connectivity index (χ1n) is 9.44. The van der Waals surface area contributed by atoms with Crippen LogP contribution in [0.2, 0.25) is 0 Å². The van der Waals surface area contributed by atoms with Crippen molar-refractivity contribution in [2.24, 2.45) is 0 Å². The van der Waals surface area contributed by atoms with Crippen molar-refractivity contribution in [1.29, 1.82) is 5.41 Å². The maximum absolute atomic E-state index is 10.6. The Hall–Kier alpha value is -1.91. The number of nitrogens with zero attached hydrogens (tertiary/aromatic N) is 1. The van der Waals surface area contributed by atoms with Crippen LogP contribution in [0, 0.1) is 12.3 Å². The maximum atomic E-state index is 10.6. The molecule has 4 heteroatoms. The molecule has 0 saturated heterocycles. The number of hydrogen-bond donors (Lipinski definition) is 3. The summed E-state index contributed by atoms with van der Waals surface area (Å²) in [6.45, 7) is 11.1. The average molecular weight is 355 g/mol. The van der Waals surface area contributed by atoms with Gasteiger partial charge in [-0.05, 0) is 48.0 Å². The van der Waals surface area contributed by atoms with Crippen molar-refractivity contribution >= 4 is 5.71 Å². The van der Waals surface area contributed by atoms with Crippen molar-refractivity contribution in [2.45, 2.75) is 65.3 Å². The predicted molar refractivity (Wildman–Crippen MR) is 110 cm³/mol. The standard InChI is InChI=1S/C22H32N3O/c1-6-7-16-8-9-20(19(23)14-16)25-24-11-10-17-12-15(2)13-18(21(17)26)22(3,4)5/h8-9,12-14,20,23,25-26H,6-7,10-11H2,1-5H3/q-1. The molecule has 3 N–H and O–H groups in total. The second-order valence-corrected chi connectivity index (χ2v) is 8.09. The van der Waals surface area contributed by atoms with Gasteiger partial charge >= 0.3 is 0 Å². The fraction of sp³-hybridized carbons (Fsp3) is 0.500. The fourth-order valence-electron chi connectivity index (χ4n) is 3.17. The zero-order valence-electron chi connectivity index (χ0n) is 16.7. The Balaban J connectivity index is 1.91. The number of phenolic OH excluding ortho intramolecular Hbond substituents is 1. The SMILES string of the molecule is CCCC1=CC(=N)C(N[N-]CCc2cc(C)cc(C(C)(C)C)c2O)C=C1. The molecule has 1 aliphatic carbocycles. The van der Waals surface area contributed by atoms with Gasteiger partial charge in [0.1, 0.15) is 5.75 Å². The lowest BCUT2D eigenvalue weighted by Crippen LogP contribution is -2.32. The van der Waals surface area contributed by atoms with Gasteiger partial charge in [-0.1, -0.05) is 64.0 Å². The van der Waals surface area contributed by atoms with Crippen LogP contribution in [0.1, 0.15) is 57.2 Å². The number of rotatable bonds is 7. The van der Waals surface area contributed by atoms with E-state index in [-0.39, 0.29) is 11.5 Å². The molecule has 0 aromatic heterocycles. The van der Waals surface area contributed by atoms with E-state index in [4.69, 9.17) is 5.41 Å². The summed E-state index contributed by atoms with van der Waals surface area (Å²) in [4.78, 5) is 0. The molecule has 0 spiro atoms. The largest absolute Gasteiger partial charge is 0.596 e. The van der Waals surface area contributed by atoms with Crippen molar-refractivity contribution in [2.75, 3.05) is 6.54 Å². The second kappa shape index (κ2) is 8.65. The first-order valence-corrected chi connectivity index (χ1v) is 9.44. The van der Waals surface area contributed by atoms with Crippen LogP contribution in [0.15, 0.2) is 35.9 Å². The van der Waals surface area contributed by atoms with Gasteiger partial charge in [0.25, 0.3) is 0 Å². The topological polar surface area (TPSA) is 70.2 Å². The highest BCUT2D eigenvalue weighted by molar-refractivity contribution is 6.00.